The van der Waals surface area contributed by atoms with Crippen LogP contribution < -0.4 is 0 Å². The molecule has 0 aromatic heterocycles. The summed E-state index contributed by atoms with van der Waals surface area (Å²) in [4.78, 5) is 0.284. The summed E-state index contributed by atoms with van der Waals surface area (Å²) in [6, 6.07) is 16.8. The van der Waals surface area contributed by atoms with Crippen molar-refractivity contribution in [3.63, 3.8) is 0 Å². The van der Waals surface area contributed by atoms with E-state index in [9.17, 15) is 13.5 Å². The number of hydrogen-bond donors (Lipinski definition) is 1. The number of aliphatic hydroxyl groups is 1. The zero-order valence-corrected chi connectivity index (χ0v) is 12.5. The maximum Gasteiger partial charge on any atom is 0.178 e. The third-order valence-corrected chi connectivity index (χ3v) is 5.95. The zero-order chi connectivity index (χ0) is 14.9. The van der Waals surface area contributed by atoms with Crippen molar-refractivity contribution in [1.82, 2.24) is 0 Å². The van der Waals surface area contributed by atoms with E-state index >= 15 is 0 Å². The van der Waals surface area contributed by atoms with E-state index < -0.39 is 15.4 Å². The molecular formula is C17H18O3S. The molecule has 0 saturated heterocycles. The molecule has 0 aliphatic carbocycles. The SMILES string of the molecule is O=S1(=O)CCC(O)(CCc2ccccc2)c2ccccc21. The van der Waals surface area contributed by atoms with Gasteiger partial charge in [-0.05, 0) is 30.9 Å². The summed E-state index contributed by atoms with van der Waals surface area (Å²) in [7, 11) is -3.26. The standard InChI is InChI=1S/C17H18O3S/c18-17(11-10-14-6-2-1-3-7-14)12-13-21(19,20)16-9-5-4-8-15(16)17/h1-9,18H,10-13H2. The highest BCUT2D eigenvalue weighted by atomic mass is 32.2. The van der Waals surface area contributed by atoms with Gasteiger partial charge in [-0.25, -0.2) is 8.42 Å². The molecule has 1 heterocycles. The maximum atomic E-state index is 12.1. The fourth-order valence-corrected chi connectivity index (χ4v) is 4.63. The maximum absolute atomic E-state index is 12.1. The van der Waals surface area contributed by atoms with Gasteiger partial charge in [0.1, 0.15) is 0 Å². The van der Waals surface area contributed by atoms with Crippen LogP contribution in [0.5, 0.6) is 0 Å². The number of fused-ring (bicyclic) bond motifs is 1. The largest absolute Gasteiger partial charge is 0.385 e. The first-order chi connectivity index (χ1) is 10.0. The van der Waals surface area contributed by atoms with Gasteiger partial charge in [0.2, 0.25) is 0 Å². The van der Waals surface area contributed by atoms with E-state index in [1.165, 1.54) is 0 Å². The van der Waals surface area contributed by atoms with Crippen molar-refractivity contribution >= 4 is 9.84 Å². The molecule has 1 unspecified atom stereocenters. The lowest BCUT2D eigenvalue weighted by atomic mass is 9.85. The summed E-state index contributed by atoms with van der Waals surface area (Å²) in [6.07, 6.45) is 1.52. The minimum absolute atomic E-state index is 0.00923. The first kappa shape index (κ1) is 14.3. The van der Waals surface area contributed by atoms with Gasteiger partial charge in [-0.1, -0.05) is 48.5 Å². The molecule has 0 radical (unpaired) electrons. The van der Waals surface area contributed by atoms with Crippen LogP contribution in [0.1, 0.15) is 24.0 Å². The van der Waals surface area contributed by atoms with Crippen LogP contribution in [0.25, 0.3) is 0 Å². The number of hydrogen-bond acceptors (Lipinski definition) is 3. The van der Waals surface area contributed by atoms with Crippen molar-refractivity contribution in [2.24, 2.45) is 0 Å². The molecule has 3 nitrogen and oxygen atoms in total. The van der Waals surface area contributed by atoms with Crippen molar-refractivity contribution < 1.29 is 13.5 Å². The topological polar surface area (TPSA) is 54.4 Å². The Morgan fingerprint density at radius 1 is 1.00 bits per heavy atom. The quantitative estimate of drug-likeness (QED) is 0.948. The van der Waals surface area contributed by atoms with E-state index in [4.69, 9.17) is 0 Å². The summed E-state index contributed by atoms with van der Waals surface area (Å²) < 4.78 is 24.2. The molecule has 4 heteroatoms. The van der Waals surface area contributed by atoms with E-state index in [0.717, 1.165) is 12.0 Å². The van der Waals surface area contributed by atoms with E-state index in [1.54, 1.807) is 24.3 Å². The van der Waals surface area contributed by atoms with Crippen molar-refractivity contribution in [2.75, 3.05) is 5.75 Å². The average molecular weight is 302 g/mol. The van der Waals surface area contributed by atoms with Crippen LogP contribution >= 0.6 is 0 Å². The molecule has 0 amide bonds. The number of sulfone groups is 1. The number of benzene rings is 2. The molecule has 1 atom stereocenters. The monoisotopic (exact) mass is 302 g/mol. The lowest BCUT2D eigenvalue weighted by Gasteiger charge is -2.34. The second-order valence-electron chi connectivity index (χ2n) is 5.58. The highest BCUT2D eigenvalue weighted by Crippen LogP contribution is 2.39. The molecule has 1 aliphatic heterocycles. The highest BCUT2D eigenvalue weighted by Gasteiger charge is 2.39. The Bertz CT molecular complexity index is 738. The van der Waals surface area contributed by atoms with Gasteiger partial charge in [-0.3, -0.25) is 0 Å². The zero-order valence-electron chi connectivity index (χ0n) is 11.7. The van der Waals surface area contributed by atoms with Gasteiger partial charge in [-0.15, -0.1) is 0 Å². The lowest BCUT2D eigenvalue weighted by Crippen LogP contribution is -2.35. The number of rotatable bonds is 3. The van der Waals surface area contributed by atoms with Crippen LogP contribution in [-0.2, 0) is 21.9 Å². The van der Waals surface area contributed by atoms with Gasteiger partial charge in [0.15, 0.2) is 9.84 Å². The Kier molecular flexibility index (Phi) is 3.59. The molecular weight excluding hydrogens is 284 g/mol. The average Bonchev–Trinajstić information content (AvgIpc) is 2.51. The molecule has 110 valence electrons. The lowest BCUT2D eigenvalue weighted by molar-refractivity contribution is 0.0193. The van der Waals surface area contributed by atoms with E-state index in [0.29, 0.717) is 12.0 Å². The molecule has 0 fully saturated rings. The summed E-state index contributed by atoms with van der Waals surface area (Å²) in [5.74, 6) is 0.00923. The molecule has 1 aliphatic rings. The van der Waals surface area contributed by atoms with Gasteiger partial charge in [0.25, 0.3) is 0 Å². The van der Waals surface area contributed by atoms with Crippen molar-refractivity contribution in [1.29, 1.82) is 0 Å². The fourth-order valence-electron chi connectivity index (χ4n) is 2.93. The third kappa shape index (κ3) is 2.74. The van der Waals surface area contributed by atoms with E-state index in [1.807, 2.05) is 30.3 Å². The number of aryl methyl sites for hydroxylation is 1. The van der Waals surface area contributed by atoms with Crippen molar-refractivity contribution in [3.05, 3.63) is 65.7 Å². The highest BCUT2D eigenvalue weighted by molar-refractivity contribution is 7.91. The molecule has 3 rings (SSSR count). The Morgan fingerprint density at radius 2 is 1.67 bits per heavy atom. The van der Waals surface area contributed by atoms with Gasteiger partial charge < -0.3 is 5.11 Å². The van der Waals surface area contributed by atoms with Crippen LogP contribution in [0.15, 0.2) is 59.5 Å². The van der Waals surface area contributed by atoms with Gasteiger partial charge in [0.05, 0.1) is 16.2 Å². The molecule has 0 saturated carbocycles. The van der Waals surface area contributed by atoms with E-state index in [-0.39, 0.29) is 17.1 Å². The van der Waals surface area contributed by atoms with Crippen LogP contribution in [0, 0.1) is 0 Å². The molecule has 2 aromatic rings. The summed E-state index contributed by atoms with van der Waals surface area (Å²) in [6.45, 7) is 0. The second-order valence-corrected chi connectivity index (χ2v) is 7.66. The Balaban J connectivity index is 1.91. The predicted molar refractivity (Wildman–Crippen MR) is 81.8 cm³/mol. The summed E-state index contributed by atoms with van der Waals surface area (Å²) in [5.41, 5.74) is 0.640. The van der Waals surface area contributed by atoms with E-state index in [2.05, 4.69) is 0 Å². The van der Waals surface area contributed by atoms with Crippen LogP contribution in [-0.4, -0.2) is 19.3 Å². The first-order valence-electron chi connectivity index (χ1n) is 7.10. The molecule has 2 aromatic carbocycles. The normalized spacial score (nSPS) is 23.5. The summed E-state index contributed by atoms with van der Waals surface area (Å²) >= 11 is 0. The fraction of sp³-hybridized carbons (Fsp3) is 0.294. The Hall–Kier alpha value is -1.65. The van der Waals surface area contributed by atoms with Crippen molar-refractivity contribution in [3.8, 4) is 0 Å². The minimum Gasteiger partial charge on any atom is -0.385 e. The van der Waals surface area contributed by atoms with Crippen LogP contribution in [0.4, 0.5) is 0 Å². The van der Waals surface area contributed by atoms with Gasteiger partial charge >= 0.3 is 0 Å². The first-order valence-corrected chi connectivity index (χ1v) is 8.75. The molecule has 0 bridgehead atoms. The molecule has 21 heavy (non-hydrogen) atoms. The molecule has 0 spiro atoms. The second kappa shape index (κ2) is 5.28. The summed E-state index contributed by atoms with van der Waals surface area (Å²) in [5, 5.41) is 11.0. The van der Waals surface area contributed by atoms with Gasteiger partial charge in [0, 0.05) is 5.56 Å². The van der Waals surface area contributed by atoms with Crippen LogP contribution in [0.2, 0.25) is 0 Å². The minimum atomic E-state index is -3.26. The Labute approximate surface area is 125 Å². The smallest absolute Gasteiger partial charge is 0.178 e. The molecule has 1 N–H and O–H groups in total. The Morgan fingerprint density at radius 3 is 2.43 bits per heavy atom. The third-order valence-electron chi connectivity index (χ3n) is 4.18. The predicted octanol–water partition coefficient (Wildman–Crippen LogP) is 2.68. The van der Waals surface area contributed by atoms with Crippen LogP contribution in [0.3, 0.4) is 0 Å². The van der Waals surface area contributed by atoms with Gasteiger partial charge in [-0.2, -0.15) is 0 Å². The van der Waals surface area contributed by atoms with Crippen molar-refractivity contribution in [2.45, 2.75) is 29.8 Å².